The molecule has 0 aliphatic heterocycles. The second-order valence-electron chi connectivity index (χ2n) is 6.30. The van der Waals surface area contributed by atoms with Gasteiger partial charge in [-0.1, -0.05) is 12.1 Å². The van der Waals surface area contributed by atoms with Gasteiger partial charge < -0.3 is 15.4 Å². The number of carbonyl (C=O) groups is 2. The van der Waals surface area contributed by atoms with Crippen LogP contribution in [-0.2, 0) is 9.53 Å². The van der Waals surface area contributed by atoms with E-state index in [1.807, 2.05) is 43.3 Å². The van der Waals surface area contributed by atoms with Crippen LogP contribution < -0.4 is 10.6 Å². The smallest absolute Gasteiger partial charge is 0.340 e. The Bertz CT molecular complexity index is 998. The van der Waals surface area contributed by atoms with Crippen LogP contribution in [0.2, 0.25) is 0 Å². The highest BCUT2D eigenvalue weighted by Crippen LogP contribution is 2.24. The van der Waals surface area contributed by atoms with Crippen molar-refractivity contribution in [2.24, 2.45) is 16.0 Å². The monoisotopic (exact) mass is 391 g/mol. The number of rotatable bonds is 7. The number of ether oxygens (including phenoxy) is 1. The first-order valence-corrected chi connectivity index (χ1v) is 8.68. The summed E-state index contributed by atoms with van der Waals surface area (Å²) in [6.07, 6.45) is 0. The summed E-state index contributed by atoms with van der Waals surface area (Å²) < 4.78 is 5.02. The molecule has 0 unspecified atom stereocenters. The third-order valence-corrected chi connectivity index (χ3v) is 3.88. The average Bonchev–Trinajstić information content (AvgIpc) is 2.71. The largest absolute Gasteiger partial charge is 0.454 e. The molecule has 29 heavy (non-hydrogen) atoms. The molecule has 0 heterocycles. The average molecular weight is 391 g/mol. The van der Waals surface area contributed by atoms with Crippen LogP contribution >= 0.6 is 0 Å². The van der Waals surface area contributed by atoms with Gasteiger partial charge in [0.05, 0.1) is 11.3 Å². The summed E-state index contributed by atoms with van der Waals surface area (Å²) in [4.78, 5) is 26.3. The molecule has 0 atom stereocenters. The van der Waals surface area contributed by atoms with E-state index in [0.29, 0.717) is 11.4 Å². The molecule has 2 rings (SSSR count). The summed E-state index contributed by atoms with van der Waals surface area (Å²) in [6.45, 7) is 0.840. The molecule has 2 aromatic carbocycles. The van der Waals surface area contributed by atoms with Crippen molar-refractivity contribution in [1.29, 1.82) is 5.26 Å². The fourth-order valence-electron chi connectivity index (χ4n) is 2.31. The third-order valence-electron chi connectivity index (χ3n) is 3.88. The number of allylic oxidation sites excluding steroid dienone is 1. The summed E-state index contributed by atoms with van der Waals surface area (Å²) in [6, 6.07) is 15.6. The molecule has 0 aliphatic carbocycles. The number of Topliss-reactive ketones (excluding diaryl/α,β-unsaturated/α-hetero) is 1. The van der Waals surface area contributed by atoms with Crippen molar-refractivity contribution < 1.29 is 14.3 Å². The van der Waals surface area contributed by atoms with Gasteiger partial charge in [-0.2, -0.15) is 10.4 Å². The van der Waals surface area contributed by atoms with Gasteiger partial charge in [0.15, 0.2) is 6.61 Å². The molecule has 0 aromatic heterocycles. The normalized spacial score (nSPS) is 11.5. The van der Waals surface area contributed by atoms with E-state index in [-0.39, 0.29) is 16.8 Å². The minimum atomic E-state index is -0.747. The summed E-state index contributed by atoms with van der Waals surface area (Å²) >= 11 is 0. The minimum absolute atomic E-state index is 0.0723. The molecule has 2 N–H and O–H groups in total. The SMILES string of the molecule is CC(N)=C(C#N)C(=O)COC(=O)c1ccccc1N=Nc1ccc(N(C)C)cc1. The molecule has 148 valence electrons. The standard InChI is InChI=1S/C21H21N5O3/c1-14(23)18(12-22)20(27)13-29-21(28)17-6-4-5-7-19(17)25-24-15-8-10-16(11-9-15)26(2)3/h4-11H,13,23H2,1-3H3. The van der Waals surface area contributed by atoms with E-state index in [9.17, 15) is 9.59 Å². The lowest BCUT2D eigenvalue weighted by Gasteiger charge is -2.11. The minimum Gasteiger partial charge on any atom is -0.454 e. The first-order valence-electron chi connectivity index (χ1n) is 8.68. The van der Waals surface area contributed by atoms with Gasteiger partial charge in [0.25, 0.3) is 0 Å². The third kappa shape index (κ3) is 5.74. The number of nitriles is 1. The molecule has 0 saturated carbocycles. The van der Waals surface area contributed by atoms with Crippen molar-refractivity contribution >= 4 is 28.8 Å². The highest BCUT2D eigenvalue weighted by Gasteiger charge is 2.17. The Labute approximate surface area is 168 Å². The first-order chi connectivity index (χ1) is 13.8. The Morgan fingerprint density at radius 3 is 2.34 bits per heavy atom. The molecule has 0 bridgehead atoms. The van der Waals surface area contributed by atoms with Crippen LogP contribution in [0.5, 0.6) is 0 Å². The van der Waals surface area contributed by atoms with Crippen LogP contribution in [0.25, 0.3) is 0 Å². The summed E-state index contributed by atoms with van der Waals surface area (Å²) in [5, 5.41) is 17.2. The fraction of sp³-hybridized carbons (Fsp3) is 0.190. The van der Waals surface area contributed by atoms with Gasteiger partial charge in [-0.3, -0.25) is 4.79 Å². The first kappa shape index (κ1) is 21.3. The van der Waals surface area contributed by atoms with E-state index in [0.717, 1.165) is 5.69 Å². The van der Waals surface area contributed by atoms with Crippen LogP contribution in [-0.4, -0.2) is 32.5 Å². The lowest BCUT2D eigenvalue weighted by molar-refractivity contribution is -0.118. The zero-order valence-corrected chi connectivity index (χ0v) is 16.4. The van der Waals surface area contributed by atoms with Gasteiger partial charge in [-0.25, -0.2) is 4.79 Å². The molecular weight excluding hydrogens is 370 g/mol. The number of nitrogens with zero attached hydrogens (tertiary/aromatic N) is 4. The van der Waals surface area contributed by atoms with E-state index in [1.54, 1.807) is 24.3 Å². The van der Waals surface area contributed by atoms with Crippen molar-refractivity contribution in [3.8, 4) is 6.07 Å². The van der Waals surface area contributed by atoms with Crippen molar-refractivity contribution in [2.75, 3.05) is 25.6 Å². The zero-order valence-electron chi connectivity index (χ0n) is 16.4. The Morgan fingerprint density at radius 1 is 1.10 bits per heavy atom. The number of hydrogen-bond acceptors (Lipinski definition) is 8. The van der Waals surface area contributed by atoms with Crippen molar-refractivity contribution in [2.45, 2.75) is 6.92 Å². The lowest BCUT2D eigenvalue weighted by Crippen LogP contribution is -2.17. The Hall–Kier alpha value is -3.99. The molecule has 8 nitrogen and oxygen atoms in total. The summed E-state index contributed by atoms with van der Waals surface area (Å²) in [5.74, 6) is -1.41. The number of esters is 1. The zero-order chi connectivity index (χ0) is 21.4. The van der Waals surface area contributed by atoms with Crippen molar-refractivity contribution in [3.63, 3.8) is 0 Å². The number of anilines is 1. The Balaban J connectivity index is 2.13. The summed E-state index contributed by atoms with van der Waals surface area (Å²) in [7, 11) is 3.88. The number of azo groups is 1. The second kappa shape index (κ2) is 9.80. The quantitative estimate of drug-likeness (QED) is 0.333. The highest BCUT2D eigenvalue weighted by molar-refractivity contribution is 6.02. The number of nitrogens with two attached hydrogens (primary N) is 1. The van der Waals surface area contributed by atoms with Crippen LogP contribution in [0.1, 0.15) is 17.3 Å². The molecule has 0 spiro atoms. The Kier molecular flexibility index (Phi) is 7.20. The maximum Gasteiger partial charge on any atom is 0.340 e. The molecule has 2 aromatic rings. The molecule has 0 aliphatic rings. The van der Waals surface area contributed by atoms with E-state index >= 15 is 0 Å². The van der Waals surface area contributed by atoms with Crippen LogP contribution in [0.15, 0.2) is 70.0 Å². The van der Waals surface area contributed by atoms with E-state index in [1.165, 1.54) is 13.0 Å². The lowest BCUT2D eigenvalue weighted by atomic mass is 10.1. The number of benzene rings is 2. The maximum absolute atomic E-state index is 12.4. The van der Waals surface area contributed by atoms with Crippen molar-refractivity contribution in [3.05, 3.63) is 65.4 Å². The second-order valence-corrected chi connectivity index (χ2v) is 6.30. The van der Waals surface area contributed by atoms with E-state index < -0.39 is 18.4 Å². The fourth-order valence-corrected chi connectivity index (χ4v) is 2.31. The molecule has 0 saturated heterocycles. The van der Waals surface area contributed by atoms with Crippen LogP contribution in [0.3, 0.4) is 0 Å². The highest BCUT2D eigenvalue weighted by atomic mass is 16.5. The van der Waals surface area contributed by atoms with Gasteiger partial charge in [0.2, 0.25) is 5.78 Å². The van der Waals surface area contributed by atoms with Gasteiger partial charge in [-0.15, -0.1) is 5.11 Å². The summed E-state index contributed by atoms with van der Waals surface area (Å²) in [5.41, 5.74) is 7.42. The van der Waals surface area contributed by atoms with Gasteiger partial charge in [0.1, 0.15) is 17.3 Å². The maximum atomic E-state index is 12.4. The van der Waals surface area contributed by atoms with Gasteiger partial charge in [-0.05, 0) is 43.3 Å². The van der Waals surface area contributed by atoms with Crippen LogP contribution in [0.4, 0.5) is 17.1 Å². The number of ketones is 1. The van der Waals surface area contributed by atoms with Crippen LogP contribution in [0, 0.1) is 11.3 Å². The van der Waals surface area contributed by atoms with E-state index in [2.05, 4.69) is 10.2 Å². The predicted octanol–water partition coefficient (Wildman–Crippen LogP) is 3.65. The number of hydrogen-bond donors (Lipinski definition) is 1. The molecule has 0 radical (unpaired) electrons. The molecule has 8 heteroatoms. The molecule has 0 amide bonds. The van der Waals surface area contributed by atoms with Gasteiger partial charge >= 0.3 is 5.97 Å². The topological polar surface area (TPSA) is 121 Å². The number of carbonyl (C=O) groups excluding carboxylic acids is 2. The van der Waals surface area contributed by atoms with Crippen molar-refractivity contribution in [1.82, 2.24) is 0 Å². The van der Waals surface area contributed by atoms with E-state index in [4.69, 9.17) is 15.7 Å². The Morgan fingerprint density at radius 2 is 1.76 bits per heavy atom. The van der Waals surface area contributed by atoms with Gasteiger partial charge in [0, 0.05) is 25.5 Å². The molecular formula is C21H21N5O3. The molecule has 0 fully saturated rings. The predicted molar refractivity (Wildman–Crippen MR) is 109 cm³/mol.